The Morgan fingerprint density at radius 3 is 0.763 bits per heavy atom. The third kappa shape index (κ3) is 79.2. The molecule has 0 saturated carbocycles. The molecular weight excluding hydrogens is 1140 g/mol. The van der Waals surface area contributed by atoms with Gasteiger partial charge in [0.05, 0.1) is 25.4 Å². The van der Waals surface area contributed by atoms with Crippen LogP contribution in [0.4, 0.5) is 0 Å². The Bertz CT molecular complexity index is 1460. The first-order valence-corrected chi connectivity index (χ1v) is 43.1. The number of allylic oxidation sites excluding steroid dienone is 3. The van der Waals surface area contributed by atoms with Gasteiger partial charge in [-0.15, -0.1) is 0 Å². The second kappa shape index (κ2) is 82.8. The van der Waals surface area contributed by atoms with Crippen LogP contribution in [0.3, 0.4) is 0 Å². The molecule has 0 aliphatic heterocycles. The molecule has 1 amide bonds. The molecule has 2 atom stereocenters. The predicted molar refractivity (Wildman–Crippen MR) is 412 cm³/mol. The van der Waals surface area contributed by atoms with E-state index in [1.807, 2.05) is 6.08 Å². The summed E-state index contributed by atoms with van der Waals surface area (Å²) in [6, 6.07) is -0.624. The third-order valence-electron chi connectivity index (χ3n) is 20.5. The number of esters is 1. The van der Waals surface area contributed by atoms with Crippen molar-refractivity contribution in [2.75, 3.05) is 13.2 Å². The van der Waals surface area contributed by atoms with Gasteiger partial charge >= 0.3 is 5.97 Å². The maximum absolute atomic E-state index is 12.6. The molecule has 0 aromatic rings. The fraction of sp³-hybridized carbons (Fsp3) is 0.931. The quantitative estimate of drug-likeness (QED) is 0.0320. The van der Waals surface area contributed by atoms with Crippen LogP contribution < -0.4 is 5.32 Å². The summed E-state index contributed by atoms with van der Waals surface area (Å²) < 4.78 is 5.51. The molecule has 552 valence electrons. The Hall–Kier alpha value is -1.66. The molecule has 3 N–H and O–H groups in total. The van der Waals surface area contributed by atoms with Gasteiger partial charge < -0.3 is 20.3 Å². The van der Waals surface area contributed by atoms with E-state index < -0.39 is 12.1 Å². The molecule has 0 aromatic heterocycles. The molecule has 0 radical (unpaired) electrons. The molecule has 0 fully saturated rings. The first-order chi connectivity index (χ1) is 46.0. The molecule has 0 rings (SSSR count). The highest BCUT2D eigenvalue weighted by Gasteiger charge is 2.18. The van der Waals surface area contributed by atoms with E-state index >= 15 is 0 Å². The zero-order valence-electron chi connectivity index (χ0n) is 63.5. The zero-order chi connectivity index (χ0) is 67.0. The Kier molecular flexibility index (Phi) is 81.3. The SMILES string of the molecule is CCCCCCCC/C=C\CCCCCCCCCC(=O)OCCCCCCCCCCCCCCCCCCCCCCCCCCCCCCCCCCCCCCCC(=O)NC(CO)C(O)/C=C/CCCCCCCCCCCCCCCCCCCCCC. The summed E-state index contributed by atoms with van der Waals surface area (Å²) in [5, 5.41) is 23.3. The van der Waals surface area contributed by atoms with Gasteiger partial charge in [-0.05, 0) is 57.8 Å². The number of rotatable bonds is 82. The summed E-state index contributed by atoms with van der Waals surface area (Å²) in [6.07, 6.45) is 108. The number of ether oxygens (including phenoxy) is 1. The van der Waals surface area contributed by atoms with Crippen LogP contribution in [0.2, 0.25) is 0 Å². The van der Waals surface area contributed by atoms with E-state index in [0.717, 1.165) is 38.5 Å². The number of carbonyl (C=O) groups excluding carboxylic acids is 2. The van der Waals surface area contributed by atoms with Gasteiger partial charge in [0.15, 0.2) is 0 Å². The minimum Gasteiger partial charge on any atom is -0.466 e. The van der Waals surface area contributed by atoms with Crippen molar-refractivity contribution < 1.29 is 24.5 Å². The molecule has 2 unspecified atom stereocenters. The van der Waals surface area contributed by atoms with Gasteiger partial charge in [0.1, 0.15) is 0 Å². The predicted octanol–water partition coefficient (Wildman–Crippen LogP) is 28.8. The van der Waals surface area contributed by atoms with Crippen LogP contribution in [-0.2, 0) is 14.3 Å². The topological polar surface area (TPSA) is 95.9 Å². The van der Waals surface area contributed by atoms with Gasteiger partial charge in [-0.25, -0.2) is 0 Å². The average molecular weight is 1310 g/mol. The highest BCUT2D eigenvalue weighted by atomic mass is 16.5. The van der Waals surface area contributed by atoms with Crippen LogP contribution >= 0.6 is 0 Å². The van der Waals surface area contributed by atoms with Crippen LogP contribution in [-0.4, -0.2) is 47.4 Å². The number of hydrogen-bond donors (Lipinski definition) is 3. The Morgan fingerprint density at radius 2 is 0.505 bits per heavy atom. The van der Waals surface area contributed by atoms with Crippen molar-refractivity contribution >= 4 is 11.9 Å². The summed E-state index contributed by atoms with van der Waals surface area (Å²) in [6.45, 7) is 4.96. The lowest BCUT2D eigenvalue weighted by molar-refractivity contribution is -0.143. The first-order valence-electron chi connectivity index (χ1n) is 43.1. The fourth-order valence-corrected chi connectivity index (χ4v) is 13.9. The molecule has 0 saturated heterocycles. The van der Waals surface area contributed by atoms with E-state index in [9.17, 15) is 19.8 Å². The monoisotopic (exact) mass is 1310 g/mol. The number of unbranched alkanes of at least 4 members (excludes halogenated alkanes) is 69. The molecule has 6 nitrogen and oxygen atoms in total. The van der Waals surface area contributed by atoms with Crippen molar-refractivity contribution in [1.82, 2.24) is 5.32 Å². The van der Waals surface area contributed by atoms with Gasteiger partial charge in [-0.2, -0.15) is 0 Å². The van der Waals surface area contributed by atoms with Crippen LogP contribution in [0.25, 0.3) is 0 Å². The second-order valence-electron chi connectivity index (χ2n) is 29.9. The van der Waals surface area contributed by atoms with Crippen molar-refractivity contribution in [2.45, 2.75) is 508 Å². The Balaban J connectivity index is 3.32. The summed E-state index contributed by atoms with van der Waals surface area (Å²) in [5.41, 5.74) is 0. The average Bonchev–Trinajstić information content (AvgIpc) is 3.78. The molecule has 0 bridgehead atoms. The van der Waals surface area contributed by atoms with E-state index in [4.69, 9.17) is 4.74 Å². The molecule has 0 aliphatic rings. The van der Waals surface area contributed by atoms with Crippen molar-refractivity contribution in [3.8, 4) is 0 Å². The number of carbonyl (C=O) groups is 2. The van der Waals surface area contributed by atoms with Crippen LogP contribution in [0.1, 0.15) is 495 Å². The molecule has 0 aromatic carbocycles. The van der Waals surface area contributed by atoms with Crippen molar-refractivity contribution in [3.63, 3.8) is 0 Å². The molecule has 0 heterocycles. The van der Waals surface area contributed by atoms with Gasteiger partial charge in [-0.3, -0.25) is 9.59 Å². The largest absolute Gasteiger partial charge is 0.466 e. The van der Waals surface area contributed by atoms with E-state index in [0.29, 0.717) is 19.4 Å². The summed E-state index contributed by atoms with van der Waals surface area (Å²) in [5.74, 6) is -0.0358. The number of aliphatic hydroxyl groups is 2. The molecule has 93 heavy (non-hydrogen) atoms. The smallest absolute Gasteiger partial charge is 0.305 e. The summed E-state index contributed by atoms with van der Waals surface area (Å²) in [7, 11) is 0. The lowest BCUT2D eigenvalue weighted by Gasteiger charge is -2.20. The summed E-state index contributed by atoms with van der Waals surface area (Å²) >= 11 is 0. The molecule has 0 spiro atoms. The standard InChI is InChI=1S/C87H169NO5/c1-3-5-7-9-11-13-15-17-19-21-22-23-41-44-48-51-55-59-63-67-71-75-79-85(90)84(83-89)88-86(91)80-76-72-68-64-60-56-52-49-45-42-39-37-35-33-31-29-27-25-24-26-28-30-32-34-36-38-40-43-46-50-54-58-62-66-70-74-78-82-93-87(92)81-77-73-69-65-61-57-53-47-20-18-16-14-12-10-8-6-4-2/h18,20,75,79,84-85,89-90H,3-17,19,21-74,76-78,80-83H2,1-2H3,(H,88,91)/b20-18-,79-75+. The summed E-state index contributed by atoms with van der Waals surface area (Å²) in [4.78, 5) is 24.7. The second-order valence-corrected chi connectivity index (χ2v) is 29.9. The molecule has 0 aliphatic carbocycles. The number of hydrogen-bond acceptors (Lipinski definition) is 5. The highest BCUT2D eigenvalue weighted by molar-refractivity contribution is 5.76. The maximum atomic E-state index is 12.6. The molecule has 6 heteroatoms. The number of aliphatic hydroxyl groups excluding tert-OH is 2. The fourth-order valence-electron chi connectivity index (χ4n) is 13.9. The van der Waals surface area contributed by atoms with E-state index in [1.165, 1.54) is 430 Å². The Labute approximate surface area is 583 Å². The zero-order valence-corrected chi connectivity index (χ0v) is 63.5. The van der Waals surface area contributed by atoms with Crippen molar-refractivity contribution in [2.24, 2.45) is 0 Å². The van der Waals surface area contributed by atoms with Crippen molar-refractivity contribution in [1.29, 1.82) is 0 Å². The van der Waals surface area contributed by atoms with Gasteiger partial charge in [0.25, 0.3) is 0 Å². The van der Waals surface area contributed by atoms with Gasteiger partial charge in [0.2, 0.25) is 5.91 Å². The normalized spacial score (nSPS) is 12.5. The van der Waals surface area contributed by atoms with E-state index in [1.54, 1.807) is 6.08 Å². The van der Waals surface area contributed by atoms with Crippen LogP contribution in [0.15, 0.2) is 24.3 Å². The highest BCUT2D eigenvalue weighted by Crippen LogP contribution is 2.21. The van der Waals surface area contributed by atoms with Crippen molar-refractivity contribution in [3.05, 3.63) is 24.3 Å². The lowest BCUT2D eigenvalue weighted by atomic mass is 10.0. The maximum Gasteiger partial charge on any atom is 0.305 e. The minimum atomic E-state index is -0.842. The molecular formula is C87H169NO5. The Morgan fingerprint density at radius 1 is 0.290 bits per heavy atom. The lowest BCUT2D eigenvalue weighted by Crippen LogP contribution is -2.45. The number of nitrogens with one attached hydrogen (secondary N) is 1. The first kappa shape index (κ1) is 91.3. The van der Waals surface area contributed by atoms with E-state index in [-0.39, 0.29) is 18.5 Å². The van der Waals surface area contributed by atoms with Gasteiger partial charge in [-0.1, -0.05) is 449 Å². The van der Waals surface area contributed by atoms with Gasteiger partial charge in [0, 0.05) is 12.8 Å². The number of amides is 1. The van der Waals surface area contributed by atoms with Crippen LogP contribution in [0.5, 0.6) is 0 Å². The van der Waals surface area contributed by atoms with E-state index in [2.05, 4.69) is 31.3 Å². The van der Waals surface area contributed by atoms with Crippen LogP contribution in [0, 0.1) is 0 Å². The third-order valence-corrected chi connectivity index (χ3v) is 20.5. The minimum absolute atomic E-state index is 0.0210.